The van der Waals surface area contributed by atoms with Crippen LogP contribution >= 0.6 is 0 Å². The SMILES string of the molecule is Cn1cc(-c2ccc(O)c(N3CC(=O)NS3(=O)=O)c2F)nc1C1CC1(F)F. The molecule has 2 aromatic rings. The predicted molar refractivity (Wildman–Crippen MR) is 87.0 cm³/mol. The summed E-state index contributed by atoms with van der Waals surface area (Å²) in [6.45, 7) is -0.696. The molecule has 4 rings (SSSR count). The van der Waals surface area contributed by atoms with E-state index < -0.39 is 51.8 Å². The van der Waals surface area contributed by atoms with Crippen molar-refractivity contribution in [1.29, 1.82) is 0 Å². The van der Waals surface area contributed by atoms with Crippen molar-refractivity contribution in [2.45, 2.75) is 18.3 Å². The largest absolute Gasteiger partial charge is 0.506 e. The van der Waals surface area contributed by atoms with Gasteiger partial charge in [-0.15, -0.1) is 0 Å². The van der Waals surface area contributed by atoms with Gasteiger partial charge in [-0.2, -0.15) is 8.42 Å². The second-order valence-electron chi connectivity index (χ2n) is 6.44. The van der Waals surface area contributed by atoms with Gasteiger partial charge in [0, 0.05) is 25.2 Å². The van der Waals surface area contributed by atoms with E-state index in [2.05, 4.69) is 4.98 Å². The second kappa shape index (κ2) is 5.38. The quantitative estimate of drug-likeness (QED) is 0.804. The maximum Gasteiger partial charge on any atom is 0.326 e. The number of halogens is 3. The zero-order chi connectivity index (χ0) is 19.7. The maximum absolute atomic E-state index is 15.0. The topological polar surface area (TPSA) is 105 Å². The number of hydrogen-bond donors (Lipinski definition) is 2. The minimum atomic E-state index is -4.35. The van der Waals surface area contributed by atoms with Crippen LogP contribution in [0.25, 0.3) is 11.3 Å². The molecule has 2 N–H and O–H groups in total. The van der Waals surface area contributed by atoms with Gasteiger partial charge < -0.3 is 9.67 Å². The summed E-state index contributed by atoms with van der Waals surface area (Å²) < 4.78 is 69.1. The minimum absolute atomic E-state index is 0.00447. The number of nitrogens with zero attached hydrogens (tertiary/aromatic N) is 3. The molecule has 8 nitrogen and oxygen atoms in total. The Labute approximate surface area is 151 Å². The highest BCUT2D eigenvalue weighted by Crippen LogP contribution is 2.55. The molecule has 12 heteroatoms. The lowest BCUT2D eigenvalue weighted by atomic mass is 10.1. The zero-order valence-corrected chi connectivity index (χ0v) is 14.6. The third-order valence-corrected chi connectivity index (χ3v) is 5.87. The number of aryl methyl sites for hydroxylation is 1. The fourth-order valence-corrected chi connectivity index (χ4v) is 4.23. The Morgan fingerprint density at radius 2 is 2.04 bits per heavy atom. The molecule has 1 unspecified atom stereocenters. The number of anilines is 1. The maximum atomic E-state index is 15.0. The molecule has 1 aromatic heterocycles. The molecule has 1 atom stereocenters. The number of hydrogen-bond acceptors (Lipinski definition) is 5. The van der Waals surface area contributed by atoms with Crippen LogP contribution in [0.4, 0.5) is 18.9 Å². The smallest absolute Gasteiger partial charge is 0.326 e. The highest BCUT2D eigenvalue weighted by Gasteiger charge is 2.59. The van der Waals surface area contributed by atoms with E-state index in [0.717, 1.165) is 12.1 Å². The number of phenolic OH excluding ortho intramolecular Hbond substituents is 1. The first-order chi connectivity index (χ1) is 12.5. The Morgan fingerprint density at radius 3 is 2.59 bits per heavy atom. The zero-order valence-electron chi connectivity index (χ0n) is 13.8. The summed E-state index contributed by atoms with van der Waals surface area (Å²) in [4.78, 5) is 15.4. The van der Waals surface area contributed by atoms with Gasteiger partial charge in [0.1, 0.15) is 23.8 Å². The van der Waals surface area contributed by atoms with Gasteiger partial charge in [0.2, 0.25) is 0 Å². The van der Waals surface area contributed by atoms with Crippen LogP contribution in [0.1, 0.15) is 18.2 Å². The minimum Gasteiger partial charge on any atom is -0.506 e. The van der Waals surface area contributed by atoms with E-state index in [1.807, 2.05) is 0 Å². The number of alkyl halides is 2. The third-order valence-electron chi connectivity index (χ3n) is 4.49. The number of aromatic hydroxyl groups is 1. The van der Waals surface area contributed by atoms with Gasteiger partial charge >= 0.3 is 10.2 Å². The van der Waals surface area contributed by atoms with E-state index in [4.69, 9.17) is 0 Å². The van der Waals surface area contributed by atoms with Gasteiger partial charge in [-0.05, 0) is 12.1 Å². The van der Waals surface area contributed by atoms with Gasteiger partial charge in [0.15, 0.2) is 5.82 Å². The standard InChI is InChI=1S/C15H13F3N4O4S/c1-21-5-9(19-14(21)8-4-15(8,17)18)7-2-3-10(23)13(12(7)16)22-6-11(24)20-27(22,25)26/h2-3,5,8,23H,4,6H2,1H3,(H,20,24). The first-order valence-electron chi connectivity index (χ1n) is 7.77. The van der Waals surface area contributed by atoms with Gasteiger partial charge in [0.25, 0.3) is 11.8 Å². The third kappa shape index (κ3) is 2.71. The van der Waals surface area contributed by atoms with Crippen molar-refractivity contribution >= 4 is 21.8 Å². The number of rotatable bonds is 3. The van der Waals surface area contributed by atoms with E-state index in [9.17, 15) is 27.1 Å². The van der Waals surface area contributed by atoms with Crippen LogP contribution in [0.3, 0.4) is 0 Å². The highest BCUT2D eigenvalue weighted by molar-refractivity contribution is 7.92. The van der Waals surface area contributed by atoms with Crippen molar-refractivity contribution in [3.05, 3.63) is 30.0 Å². The summed E-state index contributed by atoms with van der Waals surface area (Å²) in [6.07, 6.45) is 0.991. The molecular weight excluding hydrogens is 389 g/mol. The lowest BCUT2D eigenvalue weighted by Gasteiger charge is -2.18. The van der Waals surface area contributed by atoms with Crippen LogP contribution in [0.2, 0.25) is 0 Å². The Balaban J connectivity index is 1.80. The molecule has 1 amide bonds. The van der Waals surface area contributed by atoms with Crippen LogP contribution in [0, 0.1) is 5.82 Å². The summed E-state index contributed by atoms with van der Waals surface area (Å²) in [7, 11) is -2.85. The lowest BCUT2D eigenvalue weighted by Crippen LogP contribution is -2.30. The normalized spacial score (nSPS) is 22.7. The van der Waals surface area contributed by atoms with Gasteiger partial charge in [-0.25, -0.2) is 27.2 Å². The number of imidazole rings is 1. The molecule has 1 aromatic carbocycles. The lowest BCUT2D eigenvalue weighted by molar-refractivity contribution is -0.117. The van der Waals surface area contributed by atoms with E-state index in [1.165, 1.54) is 17.8 Å². The molecule has 2 fully saturated rings. The summed E-state index contributed by atoms with van der Waals surface area (Å²) in [5.41, 5.74) is -0.900. The summed E-state index contributed by atoms with van der Waals surface area (Å²) in [6, 6.07) is 2.20. The van der Waals surface area contributed by atoms with Crippen molar-refractivity contribution in [2.75, 3.05) is 10.8 Å². The molecule has 144 valence electrons. The fourth-order valence-electron chi connectivity index (χ4n) is 3.06. The summed E-state index contributed by atoms with van der Waals surface area (Å²) >= 11 is 0. The predicted octanol–water partition coefficient (Wildman–Crippen LogP) is 1.24. The molecule has 1 aliphatic heterocycles. The molecule has 2 aliphatic rings. The van der Waals surface area contributed by atoms with Crippen molar-refractivity contribution < 1.29 is 31.5 Å². The fraction of sp³-hybridized carbons (Fsp3) is 0.333. The van der Waals surface area contributed by atoms with Crippen molar-refractivity contribution in [3.8, 4) is 17.0 Å². The number of aromatic nitrogens is 2. The molecule has 0 radical (unpaired) electrons. The van der Waals surface area contributed by atoms with Crippen LogP contribution < -0.4 is 9.03 Å². The molecule has 1 saturated carbocycles. The molecule has 0 spiro atoms. The van der Waals surface area contributed by atoms with Crippen LogP contribution in [-0.4, -0.2) is 41.4 Å². The Hall–Kier alpha value is -2.76. The highest BCUT2D eigenvalue weighted by atomic mass is 32.2. The Morgan fingerprint density at radius 1 is 1.37 bits per heavy atom. The molecule has 1 aliphatic carbocycles. The first kappa shape index (κ1) is 17.6. The average Bonchev–Trinajstić information content (AvgIpc) is 2.86. The van der Waals surface area contributed by atoms with Crippen molar-refractivity contribution in [3.63, 3.8) is 0 Å². The monoisotopic (exact) mass is 402 g/mol. The molecule has 2 heterocycles. The van der Waals surface area contributed by atoms with E-state index >= 15 is 4.39 Å². The summed E-state index contributed by atoms with van der Waals surface area (Å²) in [5, 5.41) is 9.96. The van der Waals surface area contributed by atoms with Gasteiger partial charge in [-0.3, -0.25) is 4.79 Å². The molecule has 1 saturated heterocycles. The van der Waals surface area contributed by atoms with Gasteiger partial charge in [0.05, 0.1) is 11.6 Å². The van der Waals surface area contributed by atoms with Crippen LogP contribution in [0.15, 0.2) is 18.3 Å². The Kier molecular flexibility index (Phi) is 3.51. The molecule has 27 heavy (non-hydrogen) atoms. The van der Waals surface area contributed by atoms with E-state index in [1.54, 1.807) is 4.72 Å². The number of amides is 1. The van der Waals surface area contributed by atoms with E-state index in [0.29, 0.717) is 4.31 Å². The average molecular weight is 402 g/mol. The number of nitrogens with one attached hydrogen (secondary N) is 1. The molecular formula is C15H13F3N4O4S. The Bertz CT molecular complexity index is 1080. The number of carbonyl (C=O) groups is 1. The van der Waals surface area contributed by atoms with E-state index in [-0.39, 0.29) is 23.5 Å². The second-order valence-corrected chi connectivity index (χ2v) is 8.04. The van der Waals surface area contributed by atoms with Crippen LogP contribution in [-0.2, 0) is 22.1 Å². The van der Waals surface area contributed by atoms with Crippen molar-refractivity contribution in [2.24, 2.45) is 7.05 Å². The van der Waals surface area contributed by atoms with Gasteiger partial charge in [-0.1, -0.05) is 0 Å². The van der Waals surface area contributed by atoms with Crippen LogP contribution in [0.5, 0.6) is 5.75 Å². The number of benzene rings is 1. The van der Waals surface area contributed by atoms with Crippen molar-refractivity contribution in [1.82, 2.24) is 14.3 Å². The number of phenols is 1. The first-order valence-corrected chi connectivity index (χ1v) is 9.21. The molecule has 0 bridgehead atoms. The number of carbonyl (C=O) groups excluding carboxylic acids is 1. The summed E-state index contributed by atoms with van der Waals surface area (Å²) in [5.74, 6) is -6.55.